The van der Waals surface area contributed by atoms with Gasteiger partial charge in [0.05, 0.1) is 18.6 Å². The van der Waals surface area contributed by atoms with Crippen molar-refractivity contribution in [2.45, 2.75) is 32.1 Å². The SMILES string of the molecule is COc1ccc(S(=O)(=O)N(CCc2ccccc2)CC(=O)Nc2cc(C)cc(C)c2)cc1C. The molecule has 0 aliphatic rings. The smallest absolute Gasteiger partial charge is 0.243 e. The molecule has 1 amide bonds. The van der Waals surface area contributed by atoms with E-state index in [-0.39, 0.29) is 23.9 Å². The van der Waals surface area contributed by atoms with E-state index in [1.165, 1.54) is 10.4 Å². The minimum absolute atomic E-state index is 0.132. The van der Waals surface area contributed by atoms with Crippen molar-refractivity contribution >= 4 is 21.6 Å². The molecule has 0 saturated heterocycles. The fraction of sp³-hybridized carbons (Fsp3) is 0.269. The number of anilines is 1. The first-order valence-electron chi connectivity index (χ1n) is 10.8. The number of benzene rings is 3. The number of hydrogen-bond donors (Lipinski definition) is 1. The fourth-order valence-corrected chi connectivity index (χ4v) is 5.23. The number of methoxy groups -OCH3 is 1. The Bertz CT molecular complexity index is 1200. The number of nitrogens with one attached hydrogen (secondary N) is 1. The lowest BCUT2D eigenvalue weighted by molar-refractivity contribution is -0.116. The van der Waals surface area contributed by atoms with Crippen LogP contribution >= 0.6 is 0 Å². The standard InChI is InChI=1S/C26H30N2O4S/c1-19-14-20(2)16-23(15-19)27-26(29)18-28(13-12-22-8-6-5-7-9-22)33(30,31)24-10-11-25(32-4)21(3)17-24/h5-11,14-17H,12-13,18H2,1-4H3,(H,27,29). The Labute approximate surface area is 196 Å². The van der Waals surface area contributed by atoms with E-state index in [4.69, 9.17) is 4.74 Å². The molecule has 0 heterocycles. The molecule has 0 atom stereocenters. The van der Waals surface area contributed by atoms with Crippen molar-refractivity contribution in [3.63, 3.8) is 0 Å². The monoisotopic (exact) mass is 466 g/mol. The summed E-state index contributed by atoms with van der Waals surface area (Å²) in [5.41, 5.74) is 4.40. The average Bonchev–Trinajstić information content (AvgIpc) is 2.76. The molecule has 0 aromatic heterocycles. The van der Waals surface area contributed by atoms with Crippen molar-refractivity contribution in [2.75, 3.05) is 25.5 Å². The molecule has 33 heavy (non-hydrogen) atoms. The first-order valence-corrected chi connectivity index (χ1v) is 12.2. The Morgan fingerprint density at radius 3 is 2.21 bits per heavy atom. The lowest BCUT2D eigenvalue weighted by atomic mass is 10.1. The van der Waals surface area contributed by atoms with Gasteiger partial charge in [-0.1, -0.05) is 36.4 Å². The van der Waals surface area contributed by atoms with Gasteiger partial charge in [-0.3, -0.25) is 4.79 Å². The zero-order valence-electron chi connectivity index (χ0n) is 19.5. The first kappa shape index (κ1) is 24.5. The number of nitrogens with zero attached hydrogens (tertiary/aromatic N) is 1. The van der Waals surface area contributed by atoms with Crippen LogP contribution in [0.5, 0.6) is 5.75 Å². The van der Waals surface area contributed by atoms with Crippen molar-refractivity contribution in [1.29, 1.82) is 0 Å². The highest BCUT2D eigenvalue weighted by Crippen LogP contribution is 2.24. The molecule has 3 aromatic rings. The number of amides is 1. The van der Waals surface area contributed by atoms with Crippen LogP contribution in [-0.4, -0.2) is 38.8 Å². The molecule has 7 heteroatoms. The van der Waals surface area contributed by atoms with Crippen LogP contribution in [0.3, 0.4) is 0 Å². The van der Waals surface area contributed by atoms with E-state index in [1.807, 2.05) is 62.4 Å². The summed E-state index contributed by atoms with van der Waals surface area (Å²) in [4.78, 5) is 13.0. The minimum atomic E-state index is -3.91. The number of aryl methyl sites for hydroxylation is 3. The van der Waals surface area contributed by atoms with E-state index in [1.54, 1.807) is 26.2 Å². The zero-order valence-corrected chi connectivity index (χ0v) is 20.3. The molecule has 3 aromatic carbocycles. The molecule has 0 aliphatic carbocycles. The molecule has 1 N–H and O–H groups in total. The van der Waals surface area contributed by atoms with Crippen LogP contribution in [0, 0.1) is 20.8 Å². The van der Waals surface area contributed by atoms with Crippen LogP contribution in [0.2, 0.25) is 0 Å². The molecule has 0 radical (unpaired) electrons. The molecule has 0 aliphatic heterocycles. The van der Waals surface area contributed by atoms with E-state index in [0.717, 1.165) is 16.7 Å². The maximum Gasteiger partial charge on any atom is 0.243 e. The van der Waals surface area contributed by atoms with Gasteiger partial charge in [-0.2, -0.15) is 4.31 Å². The van der Waals surface area contributed by atoms with Gasteiger partial charge in [0.1, 0.15) is 5.75 Å². The van der Waals surface area contributed by atoms with E-state index < -0.39 is 10.0 Å². The largest absolute Gasteiger partial charge is 0.496 e. The van der Waals surface area contributed by atoms with E-state index >= 15 is 0 Å². The molecular weight excluding hydrogens is 436 g/mol. The van der Waals surface area contributed by atoms with Gasteiger partial charge in [-0.25, -0.2) is 8.42 Å². The van der Waals surface area contributed by atoms with Crippen LogP contribution < -0.4 is 10.1 Å². The van der Waals surface area contributed by atoms with Crippen molar-refractivity contribution in [1.82, 2.24) is 4.31 Å². The Kier molecular flexibility index (Phi) is 7.89. The number of carbonyl (C=O) groups excluding carboxylic acids is 1. The Balaban J connectivity index is 1.86. The third kappa shape index (κ3) is 6.43. The van der Waals surface area contributed by atoms with Crippen LogP contribution in [-0.2, 0) is 21.2 Å². The fourth-order valence-electron chi connectivity index (χ4n) is 3.75. The normalized spacial score (nSPS) is 11.4. The van der Waals surface area contributed by atoms with Gasteiger partial charge in [0.25, 0.3) is 0 Å². The number of carbonyl (C=O) groups is 1. The predicted molar refractivity (Wildman–Crippen MR) is 131 cm³/mol. The van der Waals surface area contributed by atoms with Gasteiger partial charge < -0.3 is 10.1 Å². The summed E-state index contributed by atoms with van der Waals surface area (Å²) in [7, 11) is -2.36. The lowest BCUT2D eigenvalue weighted by Crippen LogP contribution is -2.39. The van der Waals surface area contributed by atoms with Crippen LogP contribution in [0.4, 0.5) is 5.69 Å². The maximum absolute atomic E-state index is 13.5. The highest BCUT2D eigenvalue weighted by atomic mass is 32.2. The summed E-state index contributed by atoms with van der Waals surface area (Å²) < 4.78 is 33.5. The Morgan fingerprint density at radius 1 is 0.939 bits per heavy atom. The van der Waals surface area contributed by atoms with Gasteiger partial charge in [-0.05, 0) is 79.8 Å². The first-order chi connectivity index (χ1) is 15.7. The van der Waals surface area contributed by atoms with Crippen molar-refractivity contribution < 1.29 is 17.9 Å². The van der Waals surface area contributed by atoms with Crippen molar-refractivity contribution in [3.05, 3.63) is 89.0 Å². The number of ether oxygens (including phenoxy) is 1. The number of hydrogen-bond acceptors (Lipinski definition) is 4. The van der Waals surface area contributed by atoms with E-state index in [9.17, 15) is 13.2 Å². The summed E-state index contributed by atoms with van der Waals surface area (Å²) >= 11 is 0. The topological polar surface area (TPSA) is 75.7 Å². The third-order valence-electron chi connectivity index (χ3n) is 5.32. The predicted octanol–water partition coefficient (Wildman–Crippen LogP) is 4.49. The minimum Gasteiger partial charge on any atom is -0.496 e. The van der Waals surface area contributed by atoms with Gasteiger partial charge in [0, 0.05) is 12.2 Å². The van der Waals surface area contributed by atoms with E-state index in [2.05, 4.69) is 5.32 Å². The summed E-state index contributed by atoms with van der Waals surface area (Å²) in [5.74, 6) is 0.221. The average molecular weight is 467 g/mol. The molecular formula is C26H30N2O4S. The van der Waals surface area contributed by atoms with Crippen LogP contribution in [0.15, 0.2) is 71.6 Å². The maximum atomic E-state index is 13.5. The summed E-state index contributed by atoms with van der Waals surface area (Å²) in [6.45, 7) is 5.58. The van der Waals surface area contributed by atoms with Gasteiger partial charge >= 0.3 is 0 Å². The third-order valence-corrected chi connectivity index (χ3v) is 7.16. The second kappa shape index (κ2) is 10.6. The molecule has 174 valence electrons. The number of rotatable bonds is 9. The van der Waals surface area contributed by atoms with Gasteiger partial charge in [0.15, 0.2) is 0 Å². The van der Waals surface area contributed by atoms with Gasteiger partial charge in [-0.15, -0.1) is 0 Å². The second-order valence-electron chi connectivity index (χ2n) is 8.13. The zero-order chi connectivity index (χ0) is 24.0. The lowest BCUT2D eigenvalue weighted by Gasteiger charge is -2.22. The summed E-state index contributed by atoms with van der Waals surface area (Å²) in [5, 5.41) is 2.84. The molecule has 6 nitrogen and oxygen atoms in total. The number of sulfonamides is 1. The summed E-state index contributed by atoms with van der Waals surface area (Å²) in [6, 6.07) is 20.1. The van der Waals surface area contributed by atoms with Crippen LogP contribution in [0.25, 0.3) is 0 Å². The molecule has 0 fully saturated rings. The second-order valence-corrected chi connectivity index (χ2v) is 10.1. The van der Waals surface area contributed by atoms with Crippen LogP contribution in [0.1, 0.15) is 22.3 Å². The molecule has 0 unspecified atom stereocenters. The molecule has 0 bridgehead atoms. The quantitative estimate of drug-likeness (QED) is 0.504. The van der Waals surface area contributed by atoms with Crippen molar-refractivity contribution in [3.8, 4) is 5.75 Å². The molecule has 0 spiro atoms. The van der Waals surface area contributed by atoms with Crippen molar-refractivity contribution in [2.24, 2.45) is 0 Å². The summed E-state index contributed by atoms with van der Waals surface area (Å²) in [6.07, 6.45) is 0.492. The molecule has 3 rings (SSSR count). The highest BCUT2D eigenvalue weighted by molar-refractivity contribution is 7.89. The Hall–Kier alpha value is -3.16. The van der Waals surface area contributed by atoms with E-state index in [0.29, 0.717) is 23.4 Å². The molecule has 0 saturated carbocycles. The Morgan fingerprint density at radius 2 is 1.61 bits per heavy atom. The highest BCUT2D eigenvalue weighted by Gasteiger charge is 2.27. The van der Waals surface area contributed by atoms with Gasteiger partial charge in [0.2, 0.25) is 15.9 Å².